The van der Waals surface area contributed by atoms with Crippen LogP contribution < -0.4 is 0 Å². The first kappa shape index (κ1) is 11.1. The van der Waals surface area contributed by atoms with Gasteiger partial charge in [-0.05, 0) is 29.5 Å². The number of benzene rings is 1. The molecular formula is C13H20O. The van der Waals surface area contributed by atoms with Gasteiger partial charge in [-0.1, -0.05) is 45.7 Å². The average Bonchev–Trinajstić information content (AvgIpc) is 2.15. The lowest BCUT2D eigenvalue weighted by Gasteiger charge is -2.25. The van der Waals surface area contributed by atoms with Crippen LogP contribution in [-0.4, -0.2) is 5.11 Å². The third-order valence-corrected chi connectivity index (χ3v) is 2.78. The maximum absolute atomic E-state index is 9.40. The number of phenols is 1. The van der Waals surface area contributed by atoms with E-state index in [1.807, 2.05) is 12.1 Å². The van der Waals surface area contributed by atoms with Crippen LogP contribution in [0.4, 0.5) is 0 Å². The molecule has 0 heterocycles. The number of hydrogen-bond donors (Lipinski definition) is 1. The van der Waals surface area contributed by atoms with Gasteiger partial charge in [0.25, 0.3) is 0 Å². The number of phenolic OH excluding ortho intramolecular Hbond substituents is 1. The molecule has 0 aliphatic heterocycles. The van der Waals surface area contributed by atoms with Crippen molar-refractivity contribution < 1.29 is 5.11 Å². The number of aromatic hydroxyl groups is 1. The second-order valence-corrected chi connectivity index (χ2v) is 4.54. The second-order valence-electron chi connectivity index (χ2n) is 4.54. The van der Waals surface area contributed by atoms with Gasteiger partial charge in [-0.2, -0.15) is 0 Å². The summed E-state index contributed by atoms with van der Waals surface area (Å²) in [5, 5.41) is 9.40. The van der Waals surface area contributed by atoms with Crippen molar-refractivity contribution in [2.45, 2.75) is 45.4 Å². The van der Waals surface area contributed by atoms with Crippen molar-refractivity contribution in [2.75, 3.05) is 0 Å². The fourth-order valence-corrected chi connectivity index (χ4v) is 1.69. The third-order valence-electron chi connectivity index (χ3n) is 2.78. The van der Waals surface area contributed by atoms with Crippen molar-refractivity contribution >= 4 is 0 Å². The molecule has 78 valence electrons. The Kier molecular flexibility index (Phi) is 3.56. The molecule has 1 aromatic rings. The van der Waals surface area contributed by atoms with Crippen LogP contribution in [0.1, 0.15) is 45.6 Å². The Morgan fingerprint density at radius 3 is 2.57 bits per heavy atom. The summed E-state index contributed by atoms with van der Waals surface area (Å²) in [6, 6.07) is 7.60. The summed E-state index contributed by atoms with van der Waals surface area (Å²) in [4.78, 5) is 0. The van der Waals surface area contributed by atoms with Crippen molar-refractivity contribution in [3.8, 4) is 5.75 Å². The van der Waals surface area contributed by atoms with E-state index in [9.17, 15) is 5.11 Å². The zero-order chi connectivity index (χ0) is 10.6. The van der Waals surface area contributed by atoms with Crippen molar-refractivity contribution in [1.29, 1.82) is 0 Å². The summed E-state index contributed by atoms with van der Waals surface area (Å²) in [6.45, 7) is 6.67. The normalized spacial score (nSPS) is 11.6. The van der Waals surface area contributed by atoms with Crippen LogP contribution >= 0.6 is 0 Å². The van der Waals surface area contributed by atoms with E-state index >= 15 is 0 Å². The average molecular weight is 192 g/mol. The van der Waals surface area contributed by atoms with Crippen LogP contribution in [0, 0.1) is 0 Å². The Labute approximate surface area is 86.8 Å². The van der Waals surface area contributed by atoms with E-state index in [1.165, 1.54) is 24.8 Å². The Hall–Kier alpha value is -0.980. The summed E-state index contributed by atoms with van der Waals surface area (Å²) >= 11 is 0. The lowest BCUT2D eigenvalue weighted by atomic mass is 9.80. The molecule has 0 saturated heterocycles. The molecule has 14 heavy (non-hydrogen) atoms. The van der Waals surface area contributed by atoms with E-state index in [4.69, 9.17) is 0 Å². The van der Waals surface area contributed by atoms with Crippen molar-refractivity contribution in [2.24, 2.45) is 0 Å². The lowest BCUT2D eigenvalue weighted by Crippen LogP contribution is -2.16. The Morgan fingerprint density at radius 1 is 1.29 bits per heavy atom. The van der Waals surface area contributed by atoms with E-state index in [0.717, 1.165) is 0 Å². The smallest absolute Gasteiger partial charge is 0.115 e. The Morgan fingerprint density at radius 2 is 2.00 bits per heavy atom. The van der Waals surface area contributed by atoms with Gasteiger partial charge in [-0.15, -0.1) is 0 Å². The minimum absolute atomic E-state index is 0.175. The highest BCUT2D eigenvalue weighted by Crippen LogP contribution is 2.30. The molecule has 0 radical (unpaired) electrons. The molecule has 0 saturated carbocycles. The third kappa shape index (κ3) is 2.76. The van der Waals surface area contributed by atoms with Crippen LogP contribution in [0.25, 0.3) is 0 Å². The molecule has 0 atom stereocenters. The van der Waals surface area contributed by atoms with E-state index < -0.39 is 0 Å². The van der Waals surface area contributed by atoms with Crippen LogP contribution in [0.5, 0.6) is 5.75 Å². The summed E-state index contributed by atoms with van der Waals surface area (Å²) in [5.74, 6) is 0.368. The van der Waals surface area contributed by atoms with Gasteiger partial charge in [0.2, 0.25) is 0 Å². The molecule has 1 nitrogen and oxygen atoms in total. The second kappa shape index (κ2) is 4.50. The minimum atomic E-state index is 0.175. The maximum Gasteiger partial charge on any atom is 0.115 e. The number of unbranched alkanes of at least 4 members (excludes halogenated alkanes) is 1. The van der Waals surface area contributed by atoms with Crippen LogP contribution in [0.2, 0.25) is 0 Å². The summed E-state index contributed by atoms with van der Waals surface area (Å²) in [6.07, 6.45) is 3.64. The monoisotopic (exact) mass is 192 g/mol. The summed E-state index contributed by atoms with van der Waals surface area (Å²) in [5.41, 5.74) is 1.40. The minimum Gasteiger partial charge on any atom is -0.508 e. The first-order valence-electron chi connectivity index (χ1n) is 5.36. The van der Waals surface area contributed by atoms with Gasteiger partial charge >= 0.3 is 0 Å². The molecule has 0 unspecified atom stereocenters. The molecule has 1 N–H and O–H groups in total. The van der Waals surface area contributed by atoms with E-state index in [-0.39, 0.29) is 5.41 Å². The largest absolute Gasteiger partial charge is 0.508 e. The molecule has 1 aromatic carbocycles. The van der Waals surface area contributed by atoms with E-state index in [1.54, 1.807) is 6.07 Å². The van der Waals surface area contributed by atoms with Gasteiger partial charge in [-0.3, -0.25) is 0 Å². The zero-order valence-electron chi connectivity index (χ0n) is 9.38. The highest BCUT2D eigenvalue weighted by molar-refractivity contribution is 5.31. The molecule has 0 spiro atoms. The van der Waals surface area contributed by atoms with Crippen molar-refractivity contribution in [3.63, 3.8) is 0 Å². The van der Waals surface area contributed by atoms with Crippen LogP contribution in [0.3, 0.4) is 0 Å². The van der Waals surface area contributed by atoms with Gasteiger partial charge in [-0.25, -0.2) is 0 Å². The molecule has 0 aliphatic carbocycles. The van der Waals surface area contributed by atoms with Crippen LogP contribution in [-0.2, 0) is 5.41 Å². The zero-order valence-corrected chi connectivity index (χ0v) is 9.38. The molecule has 1 heteroatoms. The van der Waals surface area contributed by atoms with Crippen molar-refractivity contribution in [3.05, 3.63) is 29.8 Å². The highest BCUT2D eigenvalue weighted by atomic mass is 16.3. The van der Waals surface area contributed by atoms with Crippen LogP contribution in [0.15, 0.2) is 24.3 Å². The molecule has 1 rings (SSSR count). The summed E-state index contributed by atoms with van der Waals surface area (Å²) < 4.78 is 0. The lowest BCUT2D eigenvalue weighted by molar-refractivity contribution is 0.445. The molecule has 0 aliphatic rings. The Bertz CT molecular complexity index is 289. The van der Waals surface area contributed by atoms with E-state index in [2.05, 4.69) is 26.8 Å². The molecule has 0 amide bonds. The Balaban J connectivity index is 2.80. The van der Waals surface area contributed by atoms with Crippen molar-refractivity contribution in [1.82, 2.24) is 0 Å². The molecule has 0 aromatic heterocycles. The van der Waals surface area contributed by atoms with Gasteiger partial charge in [0.1, 0.15) is 5.75 Å². The standard InChI is InChI=1S/C13H20O/c1-4-5-9-13(2,3)11-7-6-8-12(14)10-11/h6-8,10,14H,4-5,9H2,1-3H3. The molecule has 0 fully saturated rings. The maximum atomic E-state index is 9.40. The SMILES string of the molecule is CCCCC(C)(C)c1cccc(O)c1. The van der Waals surface area contributed by atoms with Gasteiger partial charge in [0, 0.05) is 0 Å². The van der Waals surface area contributed by atoms with Gasteiger partial charge < -0.3 is 5.11 Å². The number of hydrogen-bond acceptors (Lipinski definition) is 1. The van der Waals surface area contributed by atoms with Gasteiger partial charge in [0.05, 0.1) is 0 Å². The first-order valence-corrected chi connectivity index (χ1v) is 5.36. The predicted octanol–water partition coefficient (Wildman–Crippen LogP) is 3.86. The topological polar surface area (TPSA) is 20.2 Å². The molecular weight excluding hydrogens is 172 g/mol. The first-order chi connectivity index (χ1) is 6.56. The van der Waals surface area contributed by atoms with Gasteiger partial charge in [0.15, 0.2) is 0 Å². The number of rotatable bonds is 4. The van der Waals surface area contributed by atoms with E-state index in [0.29, 0.717) is 5.75 Å². The predicted molar refractivity (Wildman–Crippen MR) is 60.7 cm³/mol. The highest BCUT2D eigenvalue weighted by Gasteiger charge is 2.19. The molecule has 0 bridgehead atoms. The quantitative estimate of drug-likeness (QED) is 0.768. The fraction of sp³-hybridized carbons (Fsp3) is 0.538. The fourth-order valence-electron chi connectivity index (χ4n) is 1.69. The summed E-state index contributed by atoms with van der Waals surface area (Å²) in [7, 11) is 0.